The van der Waals surface area contributed by atoms with Gasteiger partial charge in [0.15, 0.2) is 0 Å². The van der Waals surface area contributed by atoms with Crippen molar-refractivity contribution in [1.29, 1.82) is 0 Å². The predicted octanol–water partition coefficient (Wildman–Crippen LogP) is 1.25. The van der Waals surface area contributed by atoms with E-state index in [0.717, 1.165) is 0 Å². The Morgan fingerprint density at radius 1 is 1.37 bits per heavy atom. The van der Waals surface area contributed by atoms with E-state index in [9.17, 15) is 19.5 Å². The molecule has 0 aromatic carbocycles. The molecule has 1 aliphatic heterocycles. The lowest BCUT2D eigenvalue weighted by Gasteiger charge is -2.44. The number of hydrogen-bond acceptors (Lipinski definition) is 4. The number of ketones is 1. The van der Waals surface area contributed by atoms with Crippen molar-refractivity contribution in [3.63, 3.8) is 0 Å². The van der Waals surface area contributed by atoms with Gasteiger partial charge in [-0.15, -0.1) is 0 Å². The van der Waals surface area contributed by atoms with Crippen molar-refractivity contribution < 1.29 is 24.2 Å². The second-order valence-corrected chi connectivity index (χ2v) is 6.13. The zero-order chi connectivity index (χ0) is 13.7. The van der Waals surface area contributed by atoms with Gasteiger partial charge in [0.1, 0.15) is 11.9 Å². The Balaban J connectivity index is 1.95. The molecule has 5 nitrogen and oxygen atoms in total. The Bertz CT molecular complexity index is 443. The highest BCUT2D eigenvalue weighted by Crippen LogP contribution is 2.52. The first kappa shape index (κ1) is 12.6. The van der Waals surface area contributed by atoms with E-state index in [2.05, 4.69) is 0 Å². The van der Waals surface area contributed by atoms with Gasteiger partial charge >= 0.3 is 11.9 Å². The maximum absolute atomic E-state index is 11.8. The molecule has 0 aromatic rings. The normalized spacial score (nSPS) is 45.3. The van der Waals surface area contributed by atoms with E-state index < -0.39 is 11.9 Å². The third-order valence-electron chi connectivity index (χ3n) is 5.18. The summed E-state index contributed by atoms with van der Waals surface area (Å²) in [5, 5.41) is 9.54. The van der Waals surface area contributed by atoms with Crippen molar-refractivity contribution in [2.24, 2.45) is 29.6 Å². The number of aliphatic carboxylic acids is 1. The van der Waals surface area contributed by atoms with Crippen LogP contribution in [0.25, 0.3) is 0 Å². The fraction of sp³-hybridized carbons (Fsp3) is 0.786. The van der Waals surface area contributed by atoms with Crippen molar-refractivity contribution in [2.45, 2.75) is 38.7 Å². The third-order valence-corrected chi connectivity index (χ3v) is 5.18. The van der Waals surface area contributed by atoms with Crippen LogP contribution in [0.1, 0.15) is 32.6 Å². The molecule has 0 spiro atoms. The van der Waals surface area contributed by atoms with Gasteiger partial charge in [-0.2, -0.15) is 0 Å². The third kappa shape index (κ3) is 1.86. The number of carbonyl (C=O) groups excluding carboxylic acids is 2. The maximum atomic E-state index is 11.8. The van der Waals surface area contributed by atoms with Gasteiger partial charge in [0.2, 0.25) is 0 Å². The average Bonchev–Trinajstić information content (AvgIpc) is 2.61. The minimum absolute atomic E-state index is 0.0217. The fourth-order valence-electron chi connectivity index (χ4n) is 4.43. The molecule has 6 atom stereocenters. The van der Waals surface area contributed by atoms with Crippen molar-refractivity contribution >= 4 is 17.7 Å². The highest BCUT2D eigenvalue weighted by atomic mass is 16.6. The van der Waals surface area contributed by atoms with Gasteiger partial charge in [-0.05, 0) is 31.6 Å². The summed E-state index contributed by atoms with van der Waals surface area (Å²) >= 11 is 0. The topological polar surface area (TPSA) is 80.7 Å². The Hall–Kier alpha value is -1.39. The van der Waals surface area contributed by atoms with E-state index in [4.69, 9.17) is 4.74 Å². The highest BCUT2D eigenvalue weighted by molar-refractivity contribution is 5.82. The van der Waals surface area contributed by atoms with Gasteiger partial charge in [0.25, 0.3) is 0 Å². The van der Waals surface area contributed by atoms with Crippen LogP contribution in [0.15, 0.2) is 0 Å². The molecule has 3 aliphatic rings. The van der Waals surface area contributed by atoms with E-state index in [0.29, 0.717) is 25.7 Å². The van der Waals surface area contributed by atoms with Crippen molar-refractivity contribution in [1.82, 2.24) is 0 Å². The molecule has 5 heteroatoms. The molecule has 1 saturated heterocycles. The molecule has 1 unspecified atom stereocenters. The molecule has 0 radical (unpaired) electrons. The molecule has 1 heterocycles. The number of ether oxygens (including phenoxy) is 1. The second kappa shape index (κ2) is 4.32. The average molecular weight is 266 g/mol. The van der Waals surface area contributed by atoms with E-state index in [-0.39, 0.29) is 41.5 Å². The first-order valence-electron chi connectivity index (χ1n) is 6.94. The van der Waals surface area contributed by atoms with Crippen molar-refractivity contribution in [2.75, 3.05) is 0 Å². The van der Waals surface area contributed by atoms with Crippen LogP contribution >= 0.6 is 0 Å². The van der Waals surface area contributed by atoms with Crippen LogP contribution in [0.3, 0.4) is 0 Å². The lowest BCUT2D eigenvalue weighted by molar-refractivity contribution is -0.154. The Morgan fingerprint density at radius 3 is 2.79 bits per heavy atom. The summed E-state index contributed by atoms with van der Waals surface area (Å²) in [6.45, 7) is 1.78. The number of fused-ring (bicyclic) bond motifs is 2. The molecular weight excluding hydrogens is 248 g/mol. The lowest BCUT2D eigenvalue weighted by atomic mass is 9.57. The van der Waals surface area contributed by atoms with Crippen LogP contribution in [-0.4, -0.2) is 28.9 Å². The predicted molar refractivity (Wildman–Crippen MR) is 64.1 cm³/mol. The van der Waals surface area contributed by atoms with Crippen LogP contribution in [0.4, 0.5) is 0 Å². The summed E-state index contributed by atoms with van der Waals surface area (Å²) in [6.07, 6.45) is 1.85. The lowest BCUT2D eigenvalue weighted by Crippen LogP contribution is -2.48. The molecule has 0 aromatic heterocycles. The number of carboxylic acid groups (broad SMARTS) is 1. The smallest absolute Gasteiger partial charge is 0.309 e. The molecule has 2 aliphatic carbocycles. The number of esters is 1. The molecule has 0 bridgehead atoms. The van der Waals surface area contributed by atoms with E-state index >= 15 is 0 Å². The molecule has 19 heavy (non-hydrogen) atoms. The van der Waals surface area contributed by atoms with E-state index in [1.165, 1.54) is 0 Å². The van der Waals surface area contributed by atoms with Gasteiger partial charge < -0.3 is 9.84 Å². The van der Waals surface area contributed by atoms with Crippen LogP contribution < -0.4 is 0 Å². The molecule has 104 valence electrons. The Labute approximate surface area is 111 Å². The van der Waals surface area contributed by atoms with Crippen molar-refractivity contribution in [3.05, 3.63) is 0 Å². The summed E-state index contributed by atoms with van der Waals surface area (Å²) in [5.41, 5.74) is 0. The second-order valence-electron chi connectivity index (χ2n) is 6.13. The van der Waals surface area contributed by atoms with Crippen LogP contribution in [0, 0.1) is 29.6 Å². The number of hydrogen-bond donors (Lipinski definition) is 1. The molecule has 0 amide bonds. The summed E-state index contributed by atoms with van der Waals surface area (Å²) in [7, 11) is 0. The first-order valence-corrected chi connectivity index (χ1v) is 6.94. The van der Waals surface area contributed by atoms with Crippen LogP contribution in [0.2, 0.25) is 0 Å². The van der Waals surface area contributed by atoms with E-state index in [1.807, 2.05) is 0 Å². The van der Waals surface area contributed by atoms with Crippen molar-refractivity contribution in [3.8, 4) is 0 Å². The highest BCUT2D eigenvalue weighted by Gasteiger charge is 2.57. The Kier molecular flexibility index (Phi) is 2.87. The monoisotopic (exact) mass is 266 g/mol. The number of carboxylic acids is 1. The SMILES string of the molecule is C[C@H]1OC(=O)[C@@H]2C[C@@H]3CC(=O)CC[C@H]3C(C(=O)O)[C@H]12. The number of carbonyl (C=O) groups is 3. The summed E-state index contributed by atoms with van der Waals surface area (Å²) < 4.78 is 5.23. The van der Waals surface area contributed by atoms with Crippen LogP contribution in [0.5, 0.6) is 0 Å². The first-order chi connectivity index (χ1) is 8.99. The number of Topliss-reactive ketones (excluding diaryl/α,β-unsaturated/α-hetero) is 1. The molecule has 3 rings (SSSR count). The molecule has 2 saturated carbocycles. The minimum atomic E-state index is -0.843. The minimum Gasteiger partial charge on any atom is -0.481 e. The molecule has 1 N–H and O–H groups in total. The van der Waals surface area contributed by atoms with Gasteiger partial charge in [-0.1, -0.05) is 0 Å². The quantitative estimate of drug-likeness (QED) is 0.722. The van der Waals surface area contributed by atoms with Gasteiger partial charge in [0.05, 0.1) is 11.8 Å². The standard InChI is InChI=1S/C14H18O5/c1-6-11-10(14(18)19-6)5-7-4-8(15)2-3-9(7)12(11)13(16)17/h6-7,9-12H,2-5H2,1H3,(H,16,17)/t6-,7+,9-,10-,11-,12?/m1/s1. The van der Waals surface area contributed by atoms with Gasteiger partial charge in [0, 0.05) is 18.8 Å². The van der Waals surface area contributed by atoms with Gasteiger partial charge in [-0.3, -0.25) is 14.4 Å². The van der Waals surface area contributed by atoms with Gasteiger partial charge in [-0.25, -0.2) is 0 Å². The maximum Gasteiger partial charge on any atom is 0.309 e. The molecule has 3 fully saturated rings. The summed E-state index contributed by atoms with van der Waals surface area (Å²) in [4.78, 5) is 35.0. The fourth-order valence-corrected chi connectivity index (χ4v) is 4.43. The van der Waals surface area contributed by atoms with E-state index in [1.54, 1.807) is 6.92 Å². The Morgan fingerprint density at radius 2 is 2.11 bits per heavy atom. The zero-order valence-electron chi connectivity index (χ0n) is 10.9. The number of cyclic esters (lactones) is 1. The summed E-state index contributed by atoms with van der Waals surface area (Å²) in [5.74, 6) is -1.96. The number of rotatable bonds is 1. The summed E-state index contributed by atoms with van der Waals surface area (Å²) in [6, 6.07) is 0. The van der Waals surface area contributed by atoms with Crippen LogP contribution in [-0.2, 0) is 19.1 Å². The zero-order valence-corrected chi connectivity index (χ0v) is 10.9. The molecular formula is C14H18O5. The largest absolute Gasteiger partial charge is 0.481 e.